The maximum Gasteiger partial charge on any atom is 0.274 e. The summed E-state index contributed by atoms with van der Waals surface area (Å²) in [5, 5.41) is 7.27. The van der Waals surface area contributed by atoms with Gasteiger partial charge >= 0.3 is 0 Å². The normalized spacial score (nSPS) is 19.3. The van der Waals surface area contributed by atoms with Crippen LogP contribution in [-0.4, -0.2) is 40.3 Å². The van der Waals surface area contributed by atoms with E-state index in [1.54, 1.807) is 11.9 Å². The molecule has 1 aliphatic rings. The summed E-state index contributed by atoms with van der Waals surface area (Å²) in [5.41, 5.74) is 3.41. The molecule has 0 unspecified atom stereocenters. The summed E-state index contributed by atoms with van der Waals surface area (Å²) < 4.78 is 11.5. The lowest BCUT2D eigenvalue weighted by atomic mass is 9.99. The number of H-pyrrole nitrogens is 1. The van der Waals surface area contributed by atoms with Crippen LogP contribution in [0.15, 0.2) is 24.3 Å². The van der Waals surface area contributed by atoms with E-state index in [-0.39, 0.29) is 24.2 Å². The molecule has 0 saturated heterocycles. The second-order valence-electron chi connectivity index (χ2n) is 7.23. The fourth-order valence-electron chi connectivity index (χ4n) is 3.37. The molecule has 6 heteroatoms. The van der Waals surface area contributed by atoms with Gasteiger partial charge in [0, 0.05) is 25.6 Å². The monoisotopic (exact) mass is 357 g/mol. The molecular weight excluding hydrogens is 330 g/mol. The van der Waals surface area contributed by atoms with Crippen LogP contribution in [0.4, 0.5) is 0 Å². The molecule has 1 aromatic carbocycles. The largest absolute Gasteiger partial charge is 0.491 e. The highest BCUT2D eigenvalue weighted by Gasteiger charge is 2.30. The van der Waals surface area contributed by atoms with Crippen molar-refractivity contribution < 1.29 is 14.3 Å². The third-order valence-corrected chi connectivity index (χ3v) is 4.47. The predicted molar refractivity (Wildman–Crippen MR) is 99.3 cm³/mol. The number of nitrogens with one attached hydrogen (secondary N) is 1. The minimum Gasteiger partial charge on any atom is -0.491 e. The highest BCUT2D eigenvalue weighted by Crippen LogP contribution is 2.30. The van der Waals surface area contributed by atoms with Crippen molar-refractivity contribution in [2.24, 2.45) is 0 Å². The molecule has 26 heavy (non-hydrogen) atoms. The Morgan fingerprint density at radius 3 is 2.92 bits per heavy atom. The van der Waals surface area contributed by atoms with Crippen molar-refractivity contribution in [3.8, 4) is 5.75 Å². The Labute approximate surface area is 154 Å². The average Bonchev–Trinajstić information content (AvgIpc) is 2.97. The molecule has 6 nitrogen and oxygen atoms in total. The maximum absolute atomic E-state index is 12.9. The van der Waals surface area contributed by atoms with E-state index in [1.807, 2.05) is 52.0 Å². The Morgan fingerprint density at radius 1 is 1.42 bits per heavy atom. The molecule has 2 atom stereocenters. The fourth-order valence-corrected chi connectivity index (χ4v) is 3.37. The maximum atomic E-state index is 12.9. The van der Waals surface area contributed by atoms with Crippen molar-refractivity contribution in [1.82, 2.24) is 15.1 Å². The predicted octanol–water partition coefficient (Wildman–Crippen LogP) is 3.49. The number of fused-ring (bicyclic) bond motifs is 1. The molecule has 0 bridgehead atoms. The SMILES string of the molecule is CC(C)Oc1cccc(CN(C)C(=O)c2n[nH]c3c2C[C@H](C)O[C@@H]3C)c1. The van der Waals surface area contributed by atoms with Gasteiger partial charge in [-0.05, 0) is 45.4 Å². The second kappa shape index (κ2) is 7.50. The van der Waals surface area contributed by atoms with Crippen molar-refractivity contribution in [3.63, 3.8) is 0 Å². The molecule has 0 fully saturated rings. The van der Waals surface area contributed by atoms with Gasteiger partial charge < -0.3 is 14.4 Å². The Balaban J connectivity index is 1.75. The van der Waals surface area contributed by atoms with Crippen molar-refractivity contribution in [2.45, 2.75) is 59.0 Å². The van der Waals surface area contributed by atoms with Crippen molar-refractivity contribution in [3.05, 3.63) is 46.8 Å². The third kappa shape index (κ3) is 3.90. The van der Waals surface area contributed by atoms with Crippen LogP contribution in [0.2, 0.25) is 0 Å². The molecule has 3 rings (SSSR count). The van der Waals surface area contributed by atoms with Crippen LogP contribution in [0.3, 0.4) is 0 Å². The lowest BCUT2D eigenvalue weighted by Gasteiger charge is -2.25. The number of nitrogens with zero attached hydrogens (tertiary/aromatic N) is 2. The van der Waals surface area contributed by atoms with Crippen molar-refractivity contribution in [1.29, 1.82) is 0 Å². The quantitative estimate of drug-likeness (QED) is 0.889. The lowest BCUT2D eigenvalue weighted by molar-refractivity contribution is -0.00701. The van der Waals surface area contributed by atoms with Gasteiger partial charge in [0.1, 0.15) is 5.75 Å². The van der Waals surface area contributed by atoms with Crippen molar-refractivity contribution >= 4 is 5.91 Å². The topological polar surface area (TPSA) is 67.5 Å². The first-order valence-electron chi connectivity index (χ1n) is 9.08. The Hall–Kier alpha value is -2.34. The lowest BCUT2D eigenvalue weighted by Crippen LogP contribution is -2.29. The Kier molecular flexibility index (Phi) is 5.32. The number of carbonyl (C=O) groups is 1. The van der Waals surface area contributed by atoms with Crippen LogP contribution in [0, 0.1) is 0 Å². The zero-order chi connectivity index (χ0) is 18.8. The zero-order valence-corrected chi connectivity index (χ0v) is 16.1. The minimum absolute atomic E-state index is 0.0713. The molecule has 0 aliphatic carbocycles. The standard InChI is InChI=1S/C20H27N3O3/c1-12(2)25-16-8-6-7-15(10-16)11-23(5)20(24)19-17-9-13(3)26-14(4)18(17)21-22-19/h6-8,10,12-14H,9,11H2,1-5H3,(H,21,22)/t13-,14+/m0/s1. The van der Waals surface area contributed by atoms with E-state index in [1.165, 1.54) is 0 Å². The molecular formula is C20H27N3O3. The van der Waals surface area contributed by atoms with Crippen LogP contribution in [-0.2, 0) is 17.7 Å². The molecule has 2 heterocycles. The van der Waals surface area contributed by atoms with Gasteiger partial charge in [-0.15, -0.1) is 0 Å². The summed E-state index contributed by atoms with van der Waals surface area (Å²) in [6.07, 6.45) is 0.823. The van der Waals surface area contributed by atoms with Gasteiger partial charge in [0.2, 0.25) is 0 Å². The van der Waals surface area contributed by atoms with Gasteiger partial charge in [-0.1, -0.05) is 12.1 Å². The molecule has 0 saturated carbocycles. The Morgan fingerprint density at radius 2 is 2.19 bits per heavy atom. The molecule has 0 radical (unpaired) electrons. The minimum atomic E-state index is -0.0843. The summed E-state index contributed by atoms with van der Waals surface area (Å²) in [7, 11) is 1.80. The second-order valence-corrected chi connectivity index (χ2v) is 7.23. The van der Waals surface area contributed by atoms with E-state index in [9.17, 15) is 4.79 Å². The smallest absolute Gasteiger partial charge is 0.274 e. The summed E-state index contributed by atoms with van der Waals surface area (Å²) in [6.45, 7) is 8.48. The summed E-state index contributed by atoms with van der Waals surface area (Å²) >= 11 is 0. The van der Waals surface area contributed by atoms with E-state index in [0.717, 1.165) is 22.6 Å². The molecule has 1 N–H and O–H groups in total. The number of amides is 1. The number of hydrogen-bond donors (Lipinski definition) is 1. The molecule has 2 aromatic rings. The number of carbonyl (C=O) groups excluding carboxylic acids is 1. The molecule has 140 valence electrons. The summed E-state index contributed by atoms with van der Waals surface area (Å²) in [5.74, 6) is 0.731. The first-order chi connectivity index (χ1) is 12.3. The van der Waals surface area contributed by atoms with Crippen LogP contribution in [0.5, 0.6) is 5.75 Å². The number of ether oxygens (including phenoxy) is 2. The van der Waals surface area contributed by atoms with Crippen LogP contribution >= 0.6 is 0 Å². The highest BCUT2D eigenvalue weighted by atomic mass is 16.5. The number of hydrogen-bond acceptors (Lipinski definition) is 4. The van der Waals surface area contributed by atoms with Gasteiger partial charge in [0.05, 0.1) is 24.0 Å². The zero-order valence-electron chi connectivity index (χ0n) is 16.1. The van der Waals surface area contributed by atoms with Crippen molar-refractivity contribution in [2.75, 3.05) is 7.05 Å². The van der Waals surface area contributed by atoms with Crippen LogP contribution in [0.25, 0.3) is 0 Å². The first-order valence-corrected chi connectivity index (χ1v) is 9.08. The summed E-state index contributed by atoms with van der Waals surface area (Å²) in [4.78, 5) is 14.6. The van der Waals surface area contributed by atoms with Crippen LogP contribution in [0.1, 0.15) is 61.1 Å². The van der Waals surface area contributed by atoms with Gasteiger partial charge in [0.15, 0.2) is 5.69 Å². The molecule has 1 aliphatic heterocycles. The van der Waals surface area contributed by atoms with Crippen LogP contribution < -0.4 is 4.74 Å². The van der Waals surface area contributed by atoms with E-state index >= 15 is 0 Å². The van der Waals surface area contributed by atoms with E-state index in [4.69, 9.17) is 9.47 Å². The van der Waals surface area contributed by atoms with Gasteiger partial charge in [0.25, 0.3) is 5.91 Å². The molecule has 1 amide bonds. The molecule has 1 aromatic heterocycles. The highest BCUT2D eigenvalue weighted by molar-refractivity contribution is 5.94. The molecule has 0 spiro atoms. The van der Waals surface area contributed by atoms with Gasteiger partial charge in [-0.3, -0.25) is 9.89 Å². The van der Waals surface area contributed by atoms with E-state index in [2.05, 4.69) is 10.2 Å². The van der Waals surface area contributed by atoms with Gasteiger partial charge in [-0.2, -0.15) is 5.10 Å². The van der Waals surface area contributed by atoms with Gasteiger partial charge in [-0.25, -0.2) is 0 Å². The Bertz CT molecular complexity index is 784. The fraction of sp³-hybridized carbons (Fsp3) is 0.500. The first kappa shape index (κ1) is 18.5. The summed E-state index contributed by atoms with van der Waals surface area (Å²) in [6, 6.07) is 7.84. The number of aromatic amines is 1. The number of benzene rings is 1. The van der Waals surface area contributed by atoms with E-state index < -0.39 is 0 Å². The van der Waals surface area contributed by atoms with E-state index in [0.29, 0.717) is 18.7 Å². The third-order valence-electron chi connectivity index (χ3n) is 4.47. The number of rotatable bonds is 5. The average molecular weight is 357 g/mol. The number of aromatic nitrogens is 2.